The van der Waals surface area contributed by atoms with Crippen LogP contribution in [-0.4, -0.2) is 24.3 Å². The van der Waals surface area contributed by atoms with E-state index >= 15 is 0 Å². The average molecular weight is 362 g/mol. The van der Waals surface area contributed by atoms with Gasteiger partial charge >= 0.3 is 10.1 Å². The molecular formula is C16H14N2O4S2. The van der Waals surface area contributed by atoms with E-state index in [0.29, 0.717) is 23.2 Å². The van der Waals surface area contributed by atoms with Gasteiger partial charge in [-0.3, -0.25) is 0 Å². The predicted octanol–water partition coefficient (Wildman–Crippen LogP) is 3.20. The maximum absolute atomic E-state index is 12.6. The van der Waals surface area contributed by atoms with Crippen LogP contribution < -0.4 is 8.92 Å². The molecule has 0 fully saturated rings. The predicted molar refractivity (Wildman–Crippen MR) is 92.1 cm³/mol. The Morgan fingerprint density at radius 1 is 1.21 bits per heavy atom. The van der Waals surface area contributed by atoms with Gasteiger partial charge in [-0.15, -0.1) is 6.58 Å². The van der Waals surface area contributed by atoms with Gasteiger partial charge in [0.05, 0.1) is 18.8 Å². The van der Waals surface area contributed by atoms with Gasteiger partial charge in [-0.1, -0.05) is 18.2 Å². The number of allylic oxidation sites excluding steroid dienone is 1. The third-order valence-electron chi connectivity index (χ3n) is 3.33. The van der Waals surface area contributed by atoms with Crippen molar-refractivity contribution in [2.75, 3.05) is 7.11 Å². The monoisotopic (exact) mass is 362 g/mol. The van der Waals surface area contributed by atoms with Gasteiger partial charge in [0.2, 0.25) is 0 Å². The van der Waals surface area contributed by atoms with Gasteiger partial charge in [0.1, 0.15) is 15.9 Å². The Bertz CT molecular complexity index is 996. The summed E-state index contributed by atoms with van der Waals surface area (Å²) in [5.41, 5.74) is 1.75. The van der Waals surface area contributed by atoms with Crippen LogP contribution in [0.15, 0.2) is 53.9 Å². The number of ether oxygens (including phenoxy) is 1. The number of hydrogen-bond donors (Lipinski definition) is 0. The van der Waals surface area contributed by atoms with E-state index in [4.69, 9.17) is 8.92 Å². The van der Waals surface area contributed by atoms with Crippen LogP contribution in [-0.2, 0) is 16.5 Å². The van der Waals surface area contributed by atoms with Crippen LogP contribution >= 0.6 is 11.7 Å². The molecule has 3 rings (SSSR count). The van der Waals surface area contributed by atoms with E-state index in [2.05, 4.69) is 15.3 Å². The smallest absolute Gasteiger partial charge is 0.341 e. The van der Waals surface area contributed by atoms with Crippen LogP contribution in [0.1, 0.15) is 5.56 Å². The van der Waals surface area contributed by atoms with Crippen molar-refractivity contribution < 1.29 is 17.3 Å². The highest BCUT2D eigenvalue weighted by Gasteiger charge is 2.23. The van der Waals surface area contributed by atoms with E-state index in [1.807, 2.05) is 0 Å². The van der Waals surface area contributed by atoms with E-state index < -0.39 is 10.1 Å². The van der Waals surface area contributed by atoms with Crippen LogP contribution in [0.3, 0.4) is 0 Å². The van der Waals surface area contributed by atoms with Crippen molar-refractivity contribution in [3.63, 3.8) is 0 Å². The summed E-state index contributed by atoms with van der Waals surface area (Å²) in [6.45, 7) is 3.68. The summed E-state index contributed by atoms with van der Waals surface area (Å²) in [6, 6.07) is 9.79. The van der Waals surface area contributed by atoms with Crippen molar-refractivity contribution >= 4 is 32.9 Å². The fourth-order valence-corrected chi connectivity index (χ4v) is 3.92. The molecule has 0 N–H and O–H groups in total. The molecule has 0 spiro atoms. The van der Waals surface area contributed by atoms with Crippen molar-refractivity contribution in [2.45, 2.75) is 11.3 Å². The lowest BCUT2D eigenvalue weighted by molar-refractivity contribution is 0.390. The lowest BCUT2D eigenvalue weighted by Gasteiger charge is -2.12. The molecule has 0 aliphatic rings. The summed E-state index contributed by atoms with van der Waals surface area (Å²) in [5.74, 6) is 0.451. The van der Waals surface area contributed by atoms with Gasteiger partial charge in [-0.05, 0) is 36.2 Å². The summed E-state index contributed by atoms with van der Waals surface area (Å²) < 4.78 is 43.9. The molecule has 0 amide bonds. The van der Waals surface area contributed by atoms with E-state index in [1.54, 1.807) is 36.4 Å². The summed E-state index contributed by atoms with van der Waals surface area (Å²) in [6.07, 6.45) is 2.40. The van der Waals surface area contributed by atoms with Crippen molar-refractivity contribution in [1.82, 2.24) is 8.75 Å². The first-order chi connectivity index (χ1) is 11.5. The van der Waals surface area contributed by atoms with Crippen molar-refractivity contribution in [3.05, 3.63) is 54.6 Å². The van der Waals surface area contributed by atoms with E-state index in [0.717, 1.165) is 17.3 Å². The highest BCUT2D eigenvalue weighted by Crippen LogP contribution is 2.32. The third kappa shape index (κ3) is 3.10. The average Bonchev–Trinajstić information content (AvgIpc) is 3.04. The minimum absolute atomic E-state index is 0.0222. The molecule has 0 aliphatic heterocycles. The first-order valence-corrected chi connectivity index (χ1v) is 9.12. The second kappa shape index (κ2) is 6.58. The minimum Gasteiger partial charge on any atom is -0.493 e. The highest BCUT2D eigenvalue weighted by molar-refractivity contribution is 7.87. The van der Waals surface area contributed by atoms with Crippen molar-refractivity contribution in [3.8, 4) is 11.5 Å². The van der Waals surface area contributed by atoms with Gasteiger partial charge in [0.25, 0.3) is 0 Å². The SMILES string of the molecule is C=CCc1ccc(OS(=O)(=O)c2cccc3nsnc23)c(OC)c1. The molecule has 3 aromatic rings. The molecule has 0 saturated heterocycles. The van der Waals surface area contributed by atoms with Crippen LogP contribution in [0.2, 0.25) is 0 Å². The van der Waals surface area contributed by atoms with Gasteiger partial charge in [-0.25, -0.2) is 0 Å². The Balaban J connectivity index is 2.00. The second-order valence-corrected chi connectivity index (χ2v) is 6.95. The van der Waals surface area contributed by atoms with Crippen LogP contribution in [0.25, 0.3) is 11.0 Å². The van der Waals surface area contributed by atoms with Gasteiger partial charge in [0.15, 0.2) is 11.5 Å². The number of methoxy groups -OCH3 is 1. The van der Waals surface area contributed by atoms with E-state index in [9.17, 15) is 8.42 Å². The van der Waals surface area contributed by atoms with Gasteiger partial charge in [0, 0.05) is 0 Å². The number of nitrogens with zero attached hydrogens (tertiary/aromatic N) is 2. The molecule has 0 saturated carbocycles. The molecule has 6 nitrogen and oxygen atoms in total. The zero-order valence-corrected chi connectivity index (χ0v) is 14.4. The first kappa shape index (κ1) is 16.4. The standard InChI is InChI=1S/C16H14N2O4S2/c1-3-5-11-8-9-13(14(10-11)21-2)22-24(19,20)15-7-4-6-12-16(15)18-23-17-12/h3-4,6-10H,1,5H2,2H3. The fraction of sp³-hybridized carbons (Fsp3) is 0.125. The topological polar surface area (TPSA) is 78.4 Å². The first-order valence-electron chi connectivity index (χ1n) is 6.99. The fourth-order valence-electron chi connectivity index (χ4n) is 2.22. The molecule has 0 aliphatic carbocycles. The number of benzene rings is 2. The Morgan fingerprint density at radius 2 is 2.04 bits per heavy atom. The molecule has 8 heteroatoms. The molecule has 1 aromatic heterocycles. The molecule has 2 aromatic carbocycles. The minimum atomic E-state index is -4.06. The maximum atomic E-state index is 12.6. The number of fused-ring (bicyclic) bond motifs is 1. The quantitative estimate of drug-likeness (QED) is 0.495. The zero-order valence-electron chi connectivity index (χ0n) is 12.8. The Hall–Kier alpha value is -2.45. The maximum Gasteiger partial charge on any atom is 0.341 e. The Morgan fingerprint density at radius 3 is 2.79 bits per heavy atom. The summed E-state index contributed by atoms with van der Waals surface area (Å²) in [5, 5.41) is 0. The van der Waals surface area contributed by atoms with E-state index in [1.165, 1.54) is 13.2 Å². The largest absolute Gasteiger partial charge is 0.493 e. The van der Waals surface area contributed by atoms with Gasteiger partial charge < -0.3 is 8.92 Å². The molecule has 0 atom stereocenters. The van der Waals surface area contributed by atoms with Crippen LogP contribution in [0.4, 0.5) is 0 Å². The molecular weight excluding hydrogens is 348 g/mol. The Kier molecular flexibility index (Phi) is 4.50. The van der Waals surface area contributed by atoms with Crippen LogP contribution in [0.5, 0.6) is 11.5 Å². The summed E-state index contributed by atoms with van der Waals surface area (Å²) in [7, 11) is -2.61. The van der Waals surface area contributed by atoms with Gasteiger partial charge in [-0.2, -0.15) is 17.2 Å². The lowest BCUT2D eigenvalue weighted by Crippen LogP contribution is -2.11. The van der Waals surface area contributed by atoms with Crippen molar-refractivity contribution in [1.29, 1.82) is 0 Å². The van der Waals surface area contributed by atoms with E-state index in [-0.39, 0.29) is 10.6 Å². The zero-order chi connectivity index (χ0) is 17.2. The number of aromatic nitrogens is 2. The normalized spacial score (nSPS) is 11.4. The summed E-state index contributed by atoms with van der Waals surface area (Å²) >= 11 is 0.950. The molecule has 0 radical (unpaired) electrons. The molecule has 0 bridgehead atoms. The third-order valence-corrected chi connectivity index (χ3v) is 5.14. The lowest BCUT2D eigenvalue weighted by atomic mass is 10.1. The van der Waals surface area contributed by atoms with Crippen molar-refractivity contribution in [2.24, 2.45) is 0 Å². The molecule has 0 unspecified atom stereocenters. The molecule has 24 heavy (non-hydrogen) atoms. The highest BCUT2D eigenvalue weighted by atomic mass is 32.2. The second-order valence-electron chi connectivity index (χ2n) is 4.90. The summed E-state index contributed by atoms with van der Waals surface area (Å²) in [4.78, 5) is -0.0222. The number of rotatable bonds is 6. The Labute approximate surface area is 143 Å². The molecule has 1 heterocycles. The number of hydrogen-bond acceptors (Lipinski definition) is 7. The van der Waals surface area contributed by atoms with Crippen LogP contribution in [0, 0.1) is 0 Å². The molecule has 124 valence electrons.